The highest BCUT2D eigenvalue weighted by atomic mass is 35.5. The van der Waals surface area contributed by atoms with Gasteiger partial charge in [-0.2, -0.15) is 0 Å². The van der Waals surface area contributed by atoms with Crippen molar-refractivity contribution in [2.24, 2.45) is 0 Å². The van der Waals surface area contributed by atoms with Gasteiger partial charge in [-0.25, -0.2) is 14.2 Å². The summed E-state index contributed by atoms with van der Waals surface area (Å²) in [6, 6.07) is 4.80. The monoisotopic (exact) mass is 742 g/mol. The fraction of sp³-hybridized carbons (Fsp3) is 0.500. The molecule has 2 aromatic carbocycles. The Morgan fingerprint density at radius 2 is 1.10 bits per heavy atom. The highest BCUT2D eigenvalue weighted by Gasteiger charge is 2.22. The summed E-state index contributed by atoms with van der Waals surface area (Å²) in [5.74, 6) is -4.23. The van der Waals surface area contributed by atoms with Gasteiger partial charge in [-0.15, -0.1) is 0 Å². The minimum Gasteiger partial charge on any atom is -0.505 e. The molecule has 49 heavy (non-hydrogen) atoms. The Morgan fingerprint density at radius 1 is 0.673 bits per heavy atom. The molecular formula is C36H49Cl2O10P. The molecule has 1 atom stereocenters. The summed E-state index contributed by atoms with van der Waals surface area (Å²) in [6.45, 7) is 2.01. The molecule has 0 saturated heterocycles. The van der Waals surface area contributed by atoms with Crippen LogP contribution in [0.5, 0.6) is 11.5 Å². The molecule has 2 rings (SSSR count). The van der Waals surface area contributed by atoms with E-state index in [1.54, 1.807) is 0 Å². The topological polar surface area (TPSA) is 171 Å². The van der Waals surface area contributed by atoms with Crippen molar-refractivity contribution >= 4 is 48.5 Å². The van der Waals surface area contributed by atoms with E-state index in [0.29, 0.717) is 6.42 Å². The fourth-order valence-corrected chi connectivity index (χ4v) is 6.38. The molecule has 0 bridgehead atoms. The maximum absolute atomic E-state index is 12.4. The maximum Gasteiger partial charge on any atom is 0.472 e. The number of unbranched alkanes of at least 4 members (excludes halogenated alkanes) is 12. The second-order valence-electron chi connectivity index (χ2n) is 11.8. The summed E-state index contributed by atoms with van der Waals surface area (Å²) in [4.78, 5) is 33.5. The van der Waals surface area contributed by atoms with E-state index in [0.717, 1.165) is 57.1 Å². The van der Waals surface area contributed by atoms with E-state index < -0.39 is 42.4 Å². The Kier molecular flexibility index (Phi) is 19.7. The summed E-state index contributed by atoms with van der Waals surface area (Å²) in [5.41, 5.74) is -0.460. The molecule has 10 nitrogen and oxygen atoms in total. The zero-order valence-electron chi connectivity index (χ0n) is 28.0. The zero-order chi connectivity index (χ0) is 36.2. The highest BCUT2D eigenvalue weighted by molar-refractivity contribution is 7.47. The summed E-state index contributed by atoms with van der Waals surface area (Å²) in [5, 5.41) is 38.7. The average molecular weight is 744 g/mol. The van der Waals surface area contributed by atoms with Gasteiger partial charge in [-0.1, -0.05) is 106 Å². The number of aromatic hydroxyl groups is 2. The van der Waals surface area contributed by atoms with Gasteiger partial charge in [0.15, 0.2) is 0 Å². The Hall–Kier alpha value is -2.85. The molecule has 13 heteroatoms. The molecule has 0 radical (unpaired) electrons. The van der Waals surface area contributed by atoms with Gasteiger partial charge >= 0.3 is 19.8 Å². The molecular weight excluding hydrogens is 694 g/mol. The average Bonchev–Trinajstić information content (AvgIpc) is 3.04. The van der Waals surface area contributed by atoms with Crippen LogP contribution in [0.1, 0.15) is 135 Å². The first-order valence-electron chi connectivity index (χ1n) is 16.9. The van der Waals surface area contributed by atoms with Crippen molar-refractivity contribution in [1.29, 1.82) is 0 Å². The summed E-state index contributed by atoms with van der Waals surface area (Å²) < 4.78 is 22.6. The van der Waals surface area contributed by atoms with Gasteiger partial charge in [-0.05, 0) is 79.5 Å². The molecule has 0 aromatic heterocycles. The Morgan fingerprint density at radius 3 is 1.57 bits per heavy atom. The predicted octanol–water partition coefficient (Wildman–Crippen LogP) is 10.8. The zero-order valence-corrected chi connectivity index (χ0v) is 30.4. The molecule has 0 fully saturated rings. The number of benzene rings is 2. The minimum atomic E-state index is -4.36. The van der Waals surface area contributed by atoms with E-state index in [-0.39, 0.29) is 46.4 Å². The van der Waals surface area contributed by atoms with Gasteiger partial charge in [0.25, 0.3) is 0 Å². The van der Waals surface area contributed by atoms with Gasteiger partial charge in [0.05, 0.1) is 23.3 Å². The molecule has 0 aliphatic carbocycles. The second-order valence-corrected chi connectivity index (χ2v) is 14.1. The summed E-state index contributed by atoms with van der Waals surface area (Å²) in [6.07, 6.45) is 22.1. The number of phosphoric acid groups is 1. The molecule has 1 unspecified atom stereocenters. The van der Waals surface area contributed by atoms with Gasteiger partial charge in [0, 0.05) is 0 Å². The first kappa shape index (κ1) is 42.3. The van der Waals surface area contributed by atoms with Crippen LogP contribution in [0.15, 0.2) is 42.5 Å². The van der Waals surface area contributed by atoms with Crippen LogP contribution in [0.4, 0.5) is 0 Å². The third kappa shape index (κ3) is 15.7. The van der Waals surface area contributed by atoms with Gasteiger partial charge in [-0.3, -0.25) is 9.05 Å². The highest BCUT2D eigenvalue weighted by Crippen LogP contribution is 2.44. The summed E-state index contributed by atoms with van der Waals surface area (Å²) >= 11 is 12.2. The number of aromatic carboxylic acids is 2. The molecule has 0 amide bonds. The predicted molar refractivity (Wildman–Crippen MR) is 193 cm³/mol. The number of phosphoric ester groups is 1. The van der Waals surface area contributed by atoms with Crippen LogP contribution in [0.2, 0.25) is 10.0 Å². The van der Waals surface area contributed by atoms with Gasteiger partial charge < -0.3 is 25.3 Å². The second kappa shape index (κ2) is 22.8. The lowest BCUT2D eigenvalue weighted by atomic mass is 9.93. The van der Waals surface area contributed by atoms with E-state index in [4.69, 9.17) is 32.2 Å². The van der Waals surface area contributed by atoms with Crippen molar-refractivity contribution in [3.8, 4) is 11.5 Å². The van der Waals surface area contributed by atoms with Crippen LogP contribution in [-0.2, 0) is 13.6 Å². The van der Waals surface area contributed by atoms with E-state index in [1.807, 2.05) is 0 Å². The largest absolute Gasteiger partial charge is 0.505 e. The van der Waals surface area contributed by atoms with Crippen molar-refractivity contribution in [3.63, 3.8) is 0 Å². The van der Waals surface area contributed by atoms with Crippen LogP contribution in [-0.4, -0.2) is 50.5 Å². The number of carboxylic acids is 2. The van der Waals surface area contributed by atoms with E-state index in [1.165, 1.54) is 56.7 Å². The quantitative estimate of drug-likeness (QED) is 0.0374. The first-order valence-corrected chi connectivity index (χ1v) is 19.1. The number of carboxylic acid groups (broad SMARTS) is 2. The molecule has 0 spiro atoms. The molecule has 0 aliphatic rings. The number of rotatable bonds is 25. The van der Waals surface area contributed by atoms with Crippen LogP contribution < -0.4 is 0 Å². The molecule has 0 aliphatic heterocycles. The smallest absolute Gasteiger partial charge is 0.472 e. The first-order chi connectivity index (χ1) is 23.4. The third-order valence-electron chi connectivity index (χ3n) is 7.84. The van der Waals surface area contributed by atoms with Crippen molar-refractivity contribution in [2.75, 3.05) is 13.2 Å². The Labute approximate surface area is 299 Å². The lowest BCUT2D eigenvalue weighted by Crippen LogP contribution is -2.02. The third-order valence-corrected chi connectivity index (χ3v) is 9.43. The van der Waals surface area contributed by atoms with Gasteiger partial charge in [0.1, 0.15) is 22.6 Å². The lowest BCUT2D eigenvalue weighted by molar-refractivity contribution is 0.0682. The number of halogens is 2. The number of allylic oxidation sites excluding steroid dienone is 2. The number of hydrogen-bond acceptors (Lipinski definition) is 7. The minimum absolute atomic E-state index is 0.000715. The maximum atomic E-state index is 12.4. The lowest BCUT2D eigenvalue weighted by Gasteiger charge is -2.15. The van der Waals surface area contributed by atoms with Gasteiger partial charge in [0.2, 0.25) is 0 Å². The molecule has 272 valence electrons. The molecule has 5 N–H and O–H groups in total. The van der Waals surface area contributed by atoms with Crippen LogP contribution in [0.3, 0.4) is 0 Å². The van der Waals surface area contributed by atoms with Crippen LogP contribution >= 0.6 is 31.0 Å². The van der Waals surface area contributed by atoms with Crippen molar-refractivity contribution < 1.29 is 48.5 Å². The van der Waals surface area contributed by atoms with E-state index in [2.05, 4.69) is 19.1 Å². The number of hydrogen-bond donors (Lipinski definition) is 5. The molecule has 2 aromatic rings. The summed E-state index contributed by atoms with van der Waals surface area (Å²) in [7, 11) is -4.36. The van der Waals surface area contributed by atoms with Crippen LogP contribution in [0.25, 0.3) is 5.57 Å². The SMILES string of the molecule is CCCCCCCC/C=C\CCCCCCCCOP(=O)(O)OCCC=C(c1cc(Cl)c(O)c(C(=O)O)c1)c1cc(Cl)c(O)c(C(=O)O)c1. The molecule has 0 heterocycles. The normalized spacial score (nSPS) is 12.7. The number of carbonyl (C=O) groups is 2. The van der Waals surface area contributed by atoms with E-state index >= 15 is 0 Å². The Balaban J connectivity index is 1.84. The van der Waals surface area contributed by atoms with Crippen molar-refractivity contribution in [2.45, 2.75) is 103 Å². The number of phenols is 2. The standard InChI is InChI=1S/C36H49Cl2O10P/c1-2-3-4-5-6-7-8-9-10-11-12-13-14-15-16-17-20-47-49(45,46)48-21-18-19-28(26-22-29(35(41)42)33(39)31(37)24-26)27-23-30(36(43)44)34(40)32(38)25-27/h9-10,19,22-25,39-40H,2-8,11-18,20-21H2,1H3,(H,41,42)(H,43,44)(H,45,46)/b10-9-. The van der Waals surface area contributed by atoms with Crippen molar-refractivity contribution in [1.82, 2.24) is 0 Å². The van der Waals surface area contributed by atoms with E-state index in [9.17, 15) is 39.5 Å². The van der Waals surface area contributed by atoms with Crippen molar-refractivity contribution in [3.05, 3.63) is 74.8 Å². The molecule has 0 saturated carbocycles. The fourth-order valence-electron chi connectivity index (χ4n) is 5.18. The van der Waals surface area contributed by atoms with Crippen LogP contribution in [0, 0.1) is 0 Å². The Bertz CT molecular complexity index is 1400.